The van der Waals surface area contributed by atoms with E-state index in [1.165, 1.54) is 173 Å². The van der Waals surface area contributed by atoms with Gasteiger partial charge in [0.1, 0.15) is 6.61 Å². The highest BCUT2D eigenvalue weighted by Crippen LogP contribution is 2.15. The first-order chi connectivity index (χ1) is 25.6. The van der Waals surface area contributed by atoms with E-state index in [1.807, 2.05) is 0 Å². The van der Waals surface area contributed by atoms with Crippen molar-refractivity contribution in [1.82, 2.24) is 0 Å². The smallest absolute Gasteiger partial charge is 0.306 e. The molecule has 0 fully saturated rings. The van der Waals surface area contributed by atoms with E-state index < -0.39 is 6.10 Å². The highest BCUT2D eigenvalue weighted by molar-refractivity contribution is 5.70. The number of carbonyl (C=O) groups is 2. The fourth-order valence-electron chi connectivity index (χ4n) is 6.72. The van der Waals surface area contributed by atoms with Crippen LogP contribution in [0, 0.1) is 0 Å². The van der Waals surface area contributed by atoms with Gasteiger partial charge in [-0.3, -0.25) is 9.59 Å². The molecule has 0 rings (SSSR count). The van der Waals surface area contributed by atoms with Crippen LogP contribution in [0.3, 0.4) is 0 Å². The normalized spacial score (nSPS) is 12.3. The van der Waals surface area contributed by atoms with E-state index >= 15 is 0 Å². The minimum absolute atomic E-state index is 0.0669. The van der Waals surface area contributed by atoms with Crippen molar-refractivity contribution in [3.8, 4) is 0 Å². The molecule has 1 atom stereocenters. The fraction of sp³-hybridized carbons (Fsp3) is 0.872. The van der Waals surface area contributed by atoms with Gasteiger partial charge in [0.05, 0.1) is 6.61 Å². The van der Waals surface area contributed by atoms with Crippen LogP contribution in [0.4, 0.5) is 0 Å². The van der Waals surface area contributed by atoms with Gasteiger partial charge in [0, 0.05) is 12.8 Å². The molecule has 0 saturated heterocycles. The molecule has 5 heteroatoms. The number of rotatable bonds is 42. The number of aliphatic hydroxyl groups is 1. The second-order valence-electron chi connectivity index (χ2n) is 15.5. The molecule has 1 unspecified atom stereocenters. The molecule has 52 heavy (non-hydrogen) atoms. The topological polar surface area (TPSA) is 72.8 Å². The number of hydrogen-bond donors (Lipinski definition) is 1. The van der Waals surface area contributed by atoms with Crippen LogP contribution in [-0.4, -0.2) is 36.4 Å². The van der Waals surface area contributed by atoms with Crippen LogP contribution >= 0.6 is 0 Å². The Balaban J connectivity index is 3.49. The zero-order valence-corrected chi connectivity index (χ0v) is 34.8. The third-order valence-electron chi connectivity index (χ3n) is 10.2. The Labute approximate surface area is 323 Å². The van der Waals surface area contributed by atoms with Gasteiger partial charge in [0.25, 0.3) is 0 Å². The Morgan fingerprint density at radius 3 is 1.04 bits per heavy atom. The summed E-state index contributed by atoms with van der Waals surface area (Å²) in [6.45, 7) is 4.15. The quantitative estimate of drug-likeness (QED) is 0.0384. The van der Waals surface area contributed by atoms with E-state index in [0.29, 0.717) is 12.8 Å². The zero-order chi connectivity index (χ0) is 37.8. The molecular weight excluding hydrogens is 645 g/mol. The first kappa shape index (κ1) is 50.4. The molecule has 306 valence electrons. The van der Waals surface area contributed by atoms with Crippen molar-refractivity contribution in [2.75, 3.05) is 13.2 Å². The number of esters is 2. The van der Waals surface area contributed by atoms with Gasteiger partial charge in [0.15, 0.2) is 6.10 Å². The number of unbranched alkanes of at least 4 members (excludes halogenated alkanes) is 30. The van der Waals surface area contributed by atoms with Crippen LogP contribution in [0.15, 0.2) is 24.3 Å². The molecule has 0 aromatic heterocycles. The van der Waals surface area contributed by atoms with Gasteiger partial charge < -0.3 is 14.6 Å². The Bertz CT molecular complexity index is 791. The van der Waals surface area contributed by atoms with Gasteiger partial charge >= 0.3 is 11.9 Å². The SMILES string of the molecule is CCCCCCCC/C=C\CCCCCCCC(=O)OCC(CO)OC(=O)CCCCCCCCCCCCC/C=C\CCCCCCCCCC. The lowest BCUT2D eigenvalue weighted by Gasteiger charge is -2.15. The van der Waals surface area contributed by atoms with E-state index in [9.17, 15) is 14.7 Å². The van der Waals surface area contributed by atoms with Gasteiger partial charge in [0.2, 0.25) is 0 Å². The van der Waals surface area contributed by atoms with Crippen LogP contribution in [0.5, 0.6) is 0 Å². The lowest BCUT2D eigenvalue weighted by molar-refractivity contribution is -0.161. The average molecular weight is 733 g/mol. The van der Waals surface area contributed by atoms with Gasteiger partial charge in [-0.05, 0) is 64.2 Å². The Hall–Kier alpha value is -1.62. The number of hydrogen-bond acceptors (Lipinski definition) is 5. The molecule has 0 amide bonds. The number of allylic oxidation sites excluding steroid dienone is 4. The molecule has 0 aliphatic carbocycles. The van der Waals surface area contributed by atoms with Crippen molar-refractivity contribution in [2.45, 2.75) is 251 Å². The molecule has 0 aliphatic heterocycles. The summed E-state index contributed by atoms with van der Waals surface area (Å²) in [5.41, 5.74) is 0. The maximum atomic E-state index is 12.2. The first-order valence-electron chi connectivity index (χ1n) is 22.9. The summed E-state index contributed by atoms with van der Waals surface area (Å²) in [7, 11) is 0. The third kappa shape index (κ3) is 41.1. The number of carbonyl (C=O) groups excluding carboxylic acids is 2. The largest absolute Gasteiger partial charge is 0.462 e. The summed E-state index contributed by atoms with van der Waals surface area (Å²) in [6, 6.07) is 0. The summed E-state index contributed by atoms with van der Waals surface area (Å²) < 4.78 is 10.6. The van der Waals surface area contributed by atoms with E-state index in [2.05, 4.69) is 38.2 Å². The van der Waals surface area contributed by atoms with Crippen LogP contribution in [0.25, 0.3) is 0 Å². The van der Waals surface area contributed by atoms with Gasteiger partial charge in [-0.25, -0.2) is 0 Å². The third-order valence-corrected chi connectivity index (χ3v) is 10.2. The molecule has 0 aliphatic rings. The summed E-state index contributed by atoms with van der Waals surface area (Å²) in [5.74, 6) is -0.592. The van der Waals surface area contributed by atoms with Crippen LogP contribution in [0.1, 0.15) is 245 Å². The van der Waals surface area contributed by atoms with E-state index in [1.54, 1.807) is 0 Å². The Morgan fingerprint density at radius 2 is 0.712 bits per heavy atom. The van der Waals surface area contributed by atoms with Crippen LogP contribution in [-0.2, 0) is 19.1 Å². The number of ether oxygens (including phenoxy) is 2. The van der Waals surface area contributed by atoms with Crippen molar-refractivity contribution < 1.29 is 24.2 Å². The molecule has 0 saturated carbocycles. The molecular formula is C47H88O5. The molecule has 0 aromatic rings. The minimum Gasteiger partial charge on any atom is -0.462 e. The lowest BCUT2D eigenvalue weighted by atomic mass is 10.0. The molecule has 0 bridgehead atoms. The van der Waals surface area contributed by atoms with Crippen LogP contribution < -0.4 is 0 Å². The minimum atomic E-state index is -0.772. The van der Waals surface area contributed by atoms with Crippen molar-refractivity contribution >= 4 is 11.9 Å². The second-order valence-corrected chi connectivity index (χ2v) is 15.5. The maximum absolute atomic E-state index is 12.2. The molecule has 0 heterocycles. The van der Waals surface area contributed by atoms with E-state index in [4.69, 9.17) is 9.47 Å². The van der Waals surface area contributed by atoms with Crippen molar-refractivity contribution in [1.29, 1.82) is 0 Å². The zero-order valence-electron chi connectivity index (χ0n) is 34.8. The van der Waals surface area contributed by atoms with Gasteiger partial charge in [-0.1, -0.05) is 192 Å². The molecule has 0 radical (unpaired) electrons. The monoisotopic (exact) mass is 733 g/mol. The summed E-state index contributed by atoms with van der Waals surface area (Å²) in [4.78, 5) is 24.3. The van der Waals surface area contributed by atoms with Gasteiger partial charge in [-0.2, -0.15) is 0 Å². The molecule has 0 spiro atoms. The van der Waals surface area contributed by atoms with E-state index in [-0.39, 0.29) is 25.2 Å². The summed E-state index contributed by atoms with van der Waals surface area (Å²) in [6.07, 6.45) is 52.6. The first-order valence-corrected chi connectivity index (χ1v) is 22.9. The second kappa shape index (κ2) is 43.8. The van der Waals surface area contributed by atoms with Crippen molar-refractivity contribution in [3.05, 3.63) is 24.3 Å². The van der Waals surface area contributed by atoms with E-state index in [0.717, 1.165) is 44.9 Å². The van der Waals surface area contributed by atoms with Gasteiger partial charge in [-0.15, -0.1) is 0 Å². The Morgan fingerprint density at radius 1 is 0.423 bits per heavy atom. The maximum Gasteiger partial charge on any atom is 0.306 e. The van der Waals surface area contributed by atoms with Crippen molar-refractivity contribution in [2.24, 2.45) is 0 Å². The lowest BCUT2D eigenvalue weighted by Crippen LogP contribution is -2.28. The predicted molar refractivity (Wildman–Crippen MR) is 224 cm³/mol. The van der Waals surface area contributed by atoms with Crippen molar-refractivity contribution in [3.63, 3.8) is 0 Å². The fourth-order valence-corrected chi connectivity index (χ4v) is 6.72. The predicted octanol–water partition coefficient (Wildman–Crippen LogP) is 14.6. The molecule has 5 nitrogen and oxygen atoms in total. The summed E-state index contributed by atoms with van der Waals surface area (Å²) in [5, 5.41) is 9.59. The highest BCUT2D eigenvalue weighted by Gasteiger charge is 2.16. The summed E-state index contributed by atoms with van der Waals surface area (Å²) >= 11 is 0. The average Bonchev–Trinajstić information content (AvgIpc) is 3.15. The van der Waals surface area contributed by atoms with Crippen LogP contribution in [0.2, 0.25) is 0 Å². The Kier molecular flexibility index (Phi) is 42.4. The highest BCUT2D eigenvalue weighted by atomic mass is 16.6. The molecule has 0 aromatic carbocycles. The standard InChI is InChI=1S/C47H88O5/c1-3-5-7-9-11-13-15-17-19-20-21-22-23-24-25-26-28-30-32-34-36-38-40-42-47(50)52-45(43-48)44-51-46(49)41-39-37-35-33-31-29-27-18-16-14-12-10-8-6-4-2/h18,20-21,27,45,48H,3-17,19,22-26,28-44H2,1-2H3/b21-20-,27-18-. The number of aliphatic hydroxyl groups excluding tert-OH is 1. The molecule has 1 N–H and O–H groups in total.